The molecule has 23 nitrogen and oxygen atoms in total. The fourth-order valence-electron chi connectivity index (χ4n) is 8.29. The molecule has 9 amide bonds. The van der Waals surface area contributed by atoms with Crippen LogP contribution in [0.1, 0.15) is 82.0 Å². The molecule has 0 aliphatic carbocycles. The zero-order valence-corrected chi connectivity index (χ0v) is 41.6. The van der Waals surface area contributed by atoms with E-state index < -0.39 is 95.5 Å². The number of fused-ring (bicyclic) bond motifs is 1. The zero-order valence-electron chi connectivity index (χ0n) is 41.6. The molecule has 1 unspecified atom stereocenters. The van der Waals surface area contributed by atoms with Gasteiger partial charge in [0.1, 0.15) is 42.3 Å². The molecule has 3 aromatic carbocycles. The second-order valence-corrected chi connectivity index (χ2v) is 18.1. The minimum absolute atomic E-state index is 0.000495. The van der Waals surface area contributed by atoms with Crippen molar-refractivity contribution in [3.05, 3.63) is 102 Å². The van der Waals surface area contributed by atoms with Gasteiger partial charge in [-0.25, -0.2) is 4.98 Å². The van der Waals surface area contributed by atoms with Crippen molar-refractivity contribution in [3.8, 4) is 0 Å². The maximum atomic E-state index is 14.6. The monoisotopic (exact) mass is 1020 g/mol. The topological polar surface area (TPSA) is 369 Å². The van der Waals surface area contributed by atoms with E-state index in [-0.39, 0.29) is 76.8 Å². The molecular weight excluding hydrogens is 953 g/mol. The van der Waals surface area contributed by atoms with Crippen molar-refractivity contribution in [1.29, 1.82) is 0 Å². The molecule has 74 heavy (non-hydrogen) atoms. The maximum absolute atomic E-state index is 14.6. The van der Waals surface area contributed by atoms with Crippen molar-refractivity contribution in [2.45, 2.75) is 127 Å². The first-order valence-electron chi connectivity index (χ1n) is 24.7. The summed E-state index contributed by atoms with van der Waals surface area (Å²) in [6.07, 6.45) is 3.28. The molecule has 23 heteroatoms. The van der Waals surface area contributed by atoms with Crippen molar-refractivity contribution in [2.24, 2.45) is 22.2 Å². The Bertz CT molecular complexity index is 2610. The standard InChI is InChI=1S/C51H68N14O9/c1-3-4-15-36(59-30(2)66)45(69)61-38-19-20-43(67)56-23-21-39(48(72)63-40(44(52)68)26-32-17-18-33-13-8-9-14-34(33)24-32)62-46(70)37(16-10-22-57-51(53)54)60-49(73)41(25-31-11-6-5-7-12-31)64-50(74)42(65-47(38)71)27-35-28-55-29-58-35/h5-9,11-14,17-18,24,28-29,36-42H,3-4,10,15-16,19-23,25-27H2,1-2H3,(H2,52,68)(H,55,58)(H,56,67)(H,59,66)(H,60,73)(H,61,69)(H,62,70)(H,63,72)(H,64,74)(H,65,71)(H4,53,54,57)/t36-,37-,38-,39-,40?,41+,42-/m0/s1. The third kappa shape index (κ3) is 18.3. The van der Waals surface area contributed by atoms with E-state index >= 15 is 0 Å². The molecule has 1 aliphatic rings. The second-order valence-electron chi connectivity index (χ2n) is 18.1. The highest BCUT2D eigenvalue weighted by Gasteiger charge is 2.35. The van der Waals surface area contributed by atoms with E-state index in [0.29, 0.717) is 29.7 Å². The third-order valence-electron chi connectivity index (χ3n) is 12.2. The van der Waals surface area contributed by atoms with Gasteiger partial charge in [0.25, 0.3) is 0 Å². The summed E-state index contributed by atoms with van der Waals surface area (Å²) in [5.74, 6) is -7.02. The number of benzene rings is 3. The van der Waals surface area contributed by atoms with Gasteiger partial charge in [-0.2, -0.15) is 0 Å². The summed E-state index contributed by atoms with van der Waals surface area (Å²) >= 11 is 0. The highest BCUT2D eigenvalue weighted by atomic mass is 16.2. The number of aliphatic imine (C=N–C) groups is 1. The van der Waals surface area contributed by atoms with Gasteiger partial charge in [0.05, 0.1) is 6.33 Å². The van der Waals surface area contributed by atoms with Crippen molar-refractivity contribution >= 4 is 69.9 Å². The Hall–Kier alpha value is -8.37. The molecule has 0 bridgehead atoms. The van der Waals surface area contributed by atoms with Gasteiger partial charge in [-0.1, -0.05) is 92.6 Å². The minimum atomic E-state index is -1.44. The van der Waals surface area contributed by atoms with Crippen molar-refractivity contribution in [3.63, 3.8) is 0 Å². The predicted octanol–water partition coefficient (Wildman–Crippen LogP) is -0.967. The summed E-state index contributed by atoms with van der Waals surface area (Å²) in [5, 5.41) is 23.4. The van der Waals surface area contributed by atoms with Gasteiger partial charge < -0.3 is 64.7 Å². The number of carbonyl (C=O) groups is 9. The number of guanidine groups is 1. The smallest absolute Gasteiger partial charge is 0.243 e. The number of unbranched alkanes of at least 4 members (excludes halogenated alkanes) is 1. The summed E-state index contributed by atoms with van der Waals surface area (Å²) in [6.45, 7) is 2.99. The number of aromatic nitrogens is 2. The fourth-order valence-corrected chi connectivity index (χ4v) is 8.29. The lowest BCUT2D eigenvalue weighted by molar-refractivity contribution is -0.135. The van der Waals surface area contributed by atoms with Crippen molar-refractivity contribution in [1.82, 2.24) is 52.5 Å². The first kappa shape index (κ1) is 56.5. The van der Waals surface area contributed by atoms with Gasteiger partial charge in [0.2, 0.25) is 53.2 Å². The van der Waals surface area contributed by atoms with Crippen LogP contribution < -0.4 is 59.7 Å². The number of hydrogen-bond acceptors (Lipinski definition) is 11. The maximum Gasteiger partial charge on any atom is 0.243 e. The third-order valence-corrected chi connectivity index (χ3v) is 12.2. The number of primary amides is 1. The van der Waals surface area contributed by atoms with Crippen molar-refractivity contribution in [2.75, 3.05) is 13.1 Å². The van der Waals surface area contributed by atoms with E-state index in [2.05, 4.69) is 57.5 Å². The normalized spacial score (nSPS) is 20.0. The van der Waals surface area contributed by atoms with Crippen LogP contribution in [0.4, 0.5) is 0 Å². The molecule has 1 aliphatic heterocycles. The Morgan fingerprint density at radius 1 is 0.743 bits per heavy atom. The Balaban J connectivity index is 1.52. The average molecular weight is 1020 g/mol. The zero-order chi connectivity index (χ0) is 53.6. The minimum Gasteiger partial charge on any atom is -0.370 e. The molecule has 5 rings (SSSR count). The van der Waals surface area contributed by atoms with Crippen molar-refractivity contribution < 1.29 is 43.2 Å². The summed E-state index contributed by atoms with van der Waals surface area (Å²) in [4.78, 5) is 135. The number of hydrogen-bond donors (Lipinski definition) is 12. The number of nitrogens with zero attached hydrogens (tertiary/aromatic N) is 2. The van der Waals surface area contributed by atoms with Crippen LogP contribution in [0.5, 0.6) is 0 Å². The molecule has 4 aromatic rings. The fraction of sp³-hybridized carbons (Fsp3) is 0.431. The van der Waals surface area contributed by atoms with Gasteiger partial charge in [-0.05, 0) is 54.0 Å². The molecule has 15 N–H and O–H groups in total. The SMILES string of the molecule is CCCC[C@H](NC(C)=O)C(=O)N[C@H]1CCC(=O)NCC[C@@H](C(=O)NC(Cc2ccc3ccccc3c2)C(N)=O)NC(=O)[C@H](CCCN=C(N)N)NC(=O)[C@@H](Cc2ccccc2)NC(=O)[C@H](Cc2cnc[nH]2)NC1=O. The van der Waals surface area contributed by atoms with Crippen LogP contribution in [0.2, 0.25) is 0 Å². The van der Waals surface area contributed by atoms with Crippen LogP contribution in [0.3, 0.4) is 0 Å². The number of nitrogens with two attached hydrogens (primary N) is 3. The molecular formula is C51H68N14O9. The highest BCUT2D eigenvalue weighted by molar-refractivity contribution is 5.98. The number of nitrogens with one attached hydrogen (secondary N) is 9. The van der Waals surface area contributed by atoms with Crippen LogP contribution in [0.15, 0.2) is 90.3 Å². The summed E-state index contributed by atoms with van der Waals surface area (Å²) in [6, 6.07) is 12.6. The van der Waals surface area contributed by atoms with E-state index in [0.717, 1.165) is 10.8 Å². The summed E-state index contributed by atoms with van der Waals surface area (Å²) in [7, 11) is 0. The molecule has 396 valence electrons. The van der Waals surface area contributed by atoms with E-state index in [4.69, 9.17) is 17.2 Å². The highest BCUT2D eigenvalue weighted by Crippen LogP contribution is 2.17. The van der Waals surface area contributed by atoms with E-state index in [9.17, 15) is 43.2 Å². The predicted molar refractivity (Wildman–Crippen MR) is 275 cm³/mol. The lowest BCUT2D eigenvalue weighted by atomic mass is 10.0. The Kier molecular flexibility index (Phi) is 21.9. The molecule has 1 fully saturated rings. The van der Waals surface area contributed by atoms with E-state index in [1.165, 1.54) is 19.4 Å². The van der Waals surface area contributed by atoms with E-state index in [1.807, 2.05) is 43.3 Å². The molecule has 2 heterocycles. The Morgan fingerprint density at radius 2 is 1.42 bits per heavy atom. The summed E-state index contributed by atoms with van der Waals surface area (Å²) < 4.78 is 0. The lowest BCUT2D eigenvalue weighted by Crippen LogP contribution is -2.60. The number of amides is 9. The summed E-state index contributed by atoms with van der Waals surface area (Å²) in [5.41, 5.74) is 18.7. The molecule has 7 atom stereocenters. The molecule has 0 spiro atoms. The van der Waals surface area contributed by atoms with E-state index in [1.54, 1.807) is 36.4 Å². The number of H-pyrrole nitrogens is 1. The first-order chi connectivity index (χ1) is 35.5. The quantitative estimate of drug-likeness (QED) is 0.0307. The van der Waals surface area contributed by atoms with Gasteiger partial charge >= 0.3 is 0 Å². The number of aromatic amines is 1. The van der Waals surface area contributed by atoms with Crippen LogP contribution in [0.25, 0.3) is 10.8 Å². The van der Waals surface area contributed by atoms with Gasteiger partial charge in [0, 0.05) is 57.6 Å². The van der Waals surface area contributed by atoms with Crippen LogP contribution in [-0.2, 0) is 62.4 Å². The van der Waals surface area contributed by atoms with Crippen LogP contribution in [-0.4, -0.2) is 124 Å². The van der Waals surface area contributed by atoms with Gasteiger partial charge in [-0.3, -0.25) is 48.1 Å². The molecule has 1 aromatic heterocycles. The Labute approximate surface area is 428 Å². The van der Waals surface area contributed by atoms with Gasteiger partial charge in [0.15, 0.2) is 5.96 Å². The first-order valence-corrected chi connectivity index (χ1v) is 24.7. The van der Waals surface area contributed by atoms with Gasteiger partial charge in [-0.15, -0.1) is 0 Å². The molecule has 0 saturated carbocycles. The average Bonchev–Trinajstić information content (AvgIpc) is 3.89. The largest absolute Gasteiger partial charge is 0.370 e. The Morgan fingerprint density at radius 3 is 2.09 bits per heavy atom. The number of imidazole rings is 1. The molecule has 0 radical (unpaired) electrons. The second kappa shape index (κ2) is 28.6. The van der Waals surface area contributed by atoms with Crippen LogP contribution in [0, 0.1) is 0 Å². The molecule has 1 saturated heterocycles. The number of carbonyl (C=O) groups excluding carboxylic acids is 9. The number of rotatable bonds is 19. The lowest BCUT2D eigenvalue weighted by Gasteiger charge is -2.28. The van der Waals surface area contributed by atoms with Crippen LogP contribution >= 0.6 is 0 Å².